The lowest BCUT2D eigenvalue weighted by Crippen LogP contribution is -2.21. The van der Waals surface area contributed by atoms with E-state index >= 15 is 0 Å². The number of hydrogen-bond acceptors (Lipinski definition) is 6. The van der Waals surface area contributed by atoms with E-state index in [1.807, 2.05) is 17.7 Å². The molecule has 0 aliphatic heterocycles. The molecule has 0 N–H and O–H groups in total. The molecule has 2 rings (SSSR count). The number of methoxy groups -OCH3 is 1. The van der Waals surface area contributed by atoms with Crippen LogP contribution in [-0.4, -0.2) is 45.6 Å². The molecule has 2 aromatic rings. The van der Waals surface area contributed by atoms with Crippen LogP contribution in [0.25, 0.3) is 0 Å². The first-order valence-electron chi connectivity index (χ1n) is 7.09. The van der Waals surface area contributed by atoms with Crippen molar-refractivity contribution in [2.45, 2.75) is 39.4 Å². The minimum Gasteiger partial charge on any atom is -0.383 e. The maximum Gasteiger partial charge on any atom is 0.147 e. The second kappa shape index (κ2) is 7.33. The van der Waals surface area contributed by atoms with Crippen LogP contribution in [0.3, 0.4) is 0 Å². The summed E-state index contributed by atoms with van der Waals surface area (Å²) in [5.74, 6) is 2.19. The molecule has 2 aromatic heterocycles. The summed E-state index contributed by atoms with van der Waals surface area (Å²) in [6.45, 7) is 7.00. The number of nitrogens with zero attached hydrogens (tertiary/aromatic N) is 5. The standard InChI is InChI=1S/C14H23N5O2/c1-11(2)13-7-12(17-21-13)8-18(3)9-14-16-15-10-19(14)5-6-20-4/h7,10-11H,5-6,8-9H2,1-4H3. The fourth-order valence-corrected chi connectivity index (χ4v) is 2.03. The number of hydrogen-bond donors (Lipinski definition) is 0. The zero-order valence-corrected chi connectivity index (χ0v) is 13.1. The van der Waals surface area contributed by atoms with E-state index in [1.54, 1.807) is 13.4 Å². The zero-order valence-electron chi connectivity index (χ0n) is 13.1. The van der Waals surface area contributed by atoms with Crippen molar-refractivity contribution in [3.63, 3.8) is 0 Å². The number of rotatable bonds is 8. The predicted molar refractivity (Wildman–Crippen MR) is 77.7 cm³/mol. The highest BCUT2D eigenvalue weighted by Crippen LogP contribution is 2.16. The molecule has 0 amide bonds. The molecule has 0 bridgehead atoms. The van der Waals surface area contributed by atoms with Crippen LogP contribution in [0.5, 0.6) is 0 Å². The van der Waals surface area contributed by atoms with E-state index in [0.29, 0.717) is 25.6 Å². The average Bonchev–Trinajstić information content (AvgIpc) is 3.06. The summed E-state index contributed by atoms with van der Waals surface area (Å²) >= 11 is 0. The highest BCUT2D eigenvalue weighted by molar-refractivity contribution is 5.08. The van der Waals surface area contributed by atoms with E-state index in [-0.39, 0.29) is 0 Å². The van der Waals surface area contributed by atoms with E-state index < -0.39 is 0 Å². The molecule has 0 unspecified atom stereocenters. The van der Waals surface area contributed by atoms with Gasteiger partial charge in [-0.1, -0.05) is 19.0 Å². The van der Waals surface area contributed by atoms with Gasteiger partial charge in [-0.3, -0.25) is 4.90 Å². The van der Waals surface area contributed by atoms with Gasteiger partial charge in [0.1, 0.15) is 17.9 Å². The first-order chi connectivity index (χ1) is 10.1. The van der Waals surface area contributed by atoms with Gasteiger partial charge >= 0.3 is 0 Å². The minimum atomic E-state index is 0.355. The maximum atomic E-state index is 5.31. The van der Waals surface area contributed by atoms with E-state index in [4.69, 9.17) is 9.26 Å². The first-order valence-corrected chi connectivity index (χ1v) is 7.09. The Bertz CT molecular complexity index is 549. The topological polar surface area (TPSA) is 69.2 Å². The molecule has 21 heavy (non-hydrogen) atoms. The van der Waals surface area contributed by atoms with Crippen LogP contribution >= 0.6 is 0 Å². The Morgan fingerprint density at radius 2 is 2.19 bits per heavy atom. The summed E-state index contributed by atoms with van der Waals surface area (Å²) in [4.78, 5) is 2.13. The lowest BCUT2D eigenvalue weighted by atomic mass is 10.1. The molecule has 0 fully saturated rings. The maximum absolute atomic E-state index is 5.31. The van der Waals surface area contributed by atoms with Crippen LogP contribution in [0.4, 0.5) is 0 Å². The molecular weight excluding hydrogens is 270 g/mol. The smallest absolute Gasteiger partial charge is 0.147 e. The minimum absolute atomic E-state index is 0.355. The molecule has 2 heterocycles. The Balaban J connectivity index is 1.91. The van der Waals surface area contributed by atoms with Gasteiger partial charge in [-0.2, -0.15) is 0 Å². The number of ether oxygens (including phenoxy) is 1. The van der Waals surface area contributed by atoms with Gasteiger partial charge in [0.2, 0.25) is 0 Å². The molecule has 0 saturated carbocycles. The molecule has 0 aromatic carbocycles. The zero-order chi connectivity index (χ0) is 15.2. The van der Waals surface area contributed by atoms with Crippen molar-refractivity contribution in [1.29, 1.82) is 0 Å². The monoisotopic (exact) mass is 293 g/mol. The Morgan fingerprint density at radius 3 is 2.86 bits per heavy atom. The average molecular weight is 293 g/mol. The van der Waals surface area contributed by atoms with E-state index in [9.17, 15) is 0 Å². The second-order valence-electron chi connectivity index (χ2n) is 5.48. The van der Waals surface area contributed by atoms with Crippen LogP contribution in [0.1, 0.15) is 37.0 Å². The van der Waals surface area contributed by atoms with Gasteiger partial charge in [0.05, 0.1) is 18.8 Å². The van der Waals surface area contributed by atoms with Crippen LogP contribution in [0.15, 0.2) is 16.9 Å². The Labute approximate surface area is 124 Å². The van der Waals surface area contributed by atoms with Crippen molar-refractivity contribution in [3.8, 4) is 0 Å². The van der Waals surface area contributed by atoms with Crippen molar-refractivity contribution in [3.05, 3.63) is 29.7 Å². The number of aromatic nitrogens is 4. The largest absolute Gasteiger partial charge is 0.383 e. The van der Waals surface area contributed by atoms with Gasteiger partial charge in [0, 0.05) is 32.2 Å². The molecule has 0 radical (unpaired) electrons. The SMILES string of the molecule is COCCn1cnnc1CN(C)Cc1cc(C(C)C)on1. The third-order valence-corrected chi connectivity index (χ3v) is 3.22. The summed E-state index contributed by atoms with van der Waals surface area (Å²) in [7, 11) is 3.71. The van der Waals surface area contributed by atoms with Crippen molar-refractivity contribution >= 4 is 0 Å². The lowest BCUT2D eigenvalue weighted by molar-refractivity contribution is 0.184. The molecule has 7 heteroatoms. The lowest BCUT2D eigenvalue weighted by Gasteiger charge is -2.14. The molecule has 0 atom stereocenters. The third-order valence-electron chi connectivity index (χ3n) is 3.22. The van der Waals surface area contributed by atoms with Crippen LogP contribution in [0.2, 0.25) is 0 Å². The van der Waals surface area contributed by atoms with Gasteiger partial charge in [-0.15, -0.1) is 10.2 Å². The van der Waals surface area contributed by atoms with Crippen molar-refractivity contribution in [2.24, 2.45) is 0 Å². The van der Waals surface area contributed by atoms with Crippen LogP contribution in [0, 0.1) is 0 Å². The van der Waals surface area contributed by atoms with Crippen molar-refractivity contribution in [1.82, 2.24) is 24.8 Å². The normalized spacial score (nSPS) is 11.7. The molecule has 116 valence electrons. The third kappa shape index (κ3) is 4.37. The van der Waals surface area contributed by atoms with E-state index in [2.05, 4.69) is 34.1 Å². The Morgan fingerprint density at radius 1 is 1.38 bits per heavy atom. The summed E-state index contributed by atoms with van der Waals surface area (Å²) in [6, 6.07) is 2.01. The van der Waals surface area contributed by atoms with E-state index in [1.165, 1.54) is 0 Å². The fraction of sp³-hybridized carbons (Fsp3) is 0.643. The first kappa shape index (κ1) is 15.7. The summed E-state index contributed by atoms with van der Waals surface area (Å²) in [6.07, 6.45) is 1.73. The highest BCUT2D eigenvalue weighted by Gasteiger charge is 2.12. The van der Waals surface area contributed by atoms with Gasteiger partial charge in [0.15, 0.2) is 0 Å². The molecule has 7 nitrogen and oxygen atoms in total. The summed E-state index contributed by atoms with van der Waals surface area (Å²) < 4.78 is 12.4. The fourth-order valence-electron chi connectivity index (χ4n) is 2.03. The molecule has 0 saturated heterocycles. The second-order valence-corrected chi connectivity index (χ2v) is 5.48. The molecule has 0 aliphatic carbocycles. The van der Waals surface area contributed by atoms with Gasteiger partial charge in [-0.25, -0.2) is 0 Å². The van der Waals surface area contributed by atoms with Crippen LogP contribution in [-0.2, 0) is 24.4 Å². The van der Waals surface area contributed by atoms with Crippen LogP contribution < -0.4 is 0 Å². The Kier molecular flexibility index (Phi) is 5.46. The van der Waals surface area contributed by atoms with Gasteiger partial charge in [-0.05, 0) is 7.05 Å². The predicted octanol–water partition coefficient (Wildman–Crippen LogP) is 1.67. The summed E-state index contributed by atoms with van der Waals surface area (Å²) in [5, 5.41) is 12.2. The molecule has 0 spiro atoms. The quantitative estimate of drug-likeness (QED) is 0.737. The van der Waals surface area contributed by atoms with Crippen molar-refractivity contribution < 1.29 is 9.26 Å². The molecular formula is C14H23N5O2. The molecule has 0 aliphatic rings. The van der Waals surface area contributed by atoms with Crippen molar-refractivity contribution in [2.75, 3.05) is 20.8 Å². The van der Waals surface area contributed by atoms with Gasteiger partial charge < -0.3 is 13.8 Å². The summed E-state index contributed by atoms with van der Waals surface area (Å²) in [5.41, 5.74) is 0.934. The van der Waals surface area contributed by atoms with E-state index in [0.717, 1.165) is 23.8 Å². The Hall–Kier alpha value is -1.73. The van der Waals surface area contributed by atoms with Gasteiger partial charge in [0.25, 0.3) is 0 Å². The highest BCUT2D eigenvalue weighted by atomic mass is 16.5.